The highest BCUT2D eigenvalue weighted by atomic mass is 32.1. The average molecular weight is 418 g/mol. The molecule has 2 aromatic heterocycles. The lowest BCUT2D eigenvalue weighted by atomic mass is 10.1. The van der Waals surface area contributed by atoms with Crippen molar-refractivity contribution >= 4 is 39.4 Å². The third-order valence-electron chi connectivity index (χ3n) is 4.66. The second-order valence-electron chi connectivity index (χ2n) is 6.77. The summed E-state index contributed by atoms with van der Waals surface area (Å²) in [4.78, 5) is 23.4. The maximum absolute atomic E-state index is 13.5. The van der Waals surface area contributed by atoms with Gasteiger partial charge in [-0.1, -0.05) is 6.07 Å². The van der Waals surface area contributed by atoms with Gasteiger partial charge in [-0.2, -0.15) is 0 Å². The minimum Gasteiger partial charge on any atom is -0.322 e. The van der Waals surface area contributed by atoms with E-state index >= 15 is 0 Å². The van der Waals surface area contributed by atoms with Gasteiger partial charge < -0.3 is 5.32 Å². The number of hydrogen-bond acceptors (Lipinski definition) is 5. The van der Waals surface area contributed by atoms with Gasteiger partial charge in [0.15, 0.2) is 5.13 Å². The molecule has 30 heavy (non-hydrogen) atoms. The number of aromatic nitrogens is 2. The highest BCUT2D eigenvalue weighted by Gasteiger charge is 2.19. The second-order valence-corrected chi connectivity index (χ2v) is 7.65. The van der Waals surface area contributed by atoms with Crippen molar-refractivity contribution in [2.75, 3.05) is 10.2 Å². The first-order chi connectivity index (χ1) is 14.5. The Labute approximate surface area is 177 Å². The molecule has 0 atom stereocenters. The molecule has 0 unspecified atom stereocenters. The summed E-state index contributed by atoms with van der Waals surface area (Å²) < 4.78 is 13.5. The molecular formula is C23H19FN4OS. The smallest absolute Gasteiger partial charge is 0.255 e. The number of nitrogens with one attached hydrogen (secondary N) is 1. The number of nitrogens with zero attached hydrogens (tertiary/aromatic N) is 3. The van der Waals surface area contributed by atoms with Crippen molar-refractivity contribution in [3.8, 4) is 0 Å². The molecule has 4 aromatic rings. The minimum atomic E-state index is -0.304. The number of anilines is 4. The maximum atomic E-state index is 13.5. The molecule has 0 bridgehead atoms. The molecule has 0 saturated heterocycles. The fourth-order valence-electron chi connectivity index (χ4n) is 3.09. The zero-order valence-corrected chi connectivity index (χ0v) is 17.3. The van der Waals surface area contributed by atoms with E-state index in [1.54, 1.807) is 43.7 Å². The Hall–Kier alpha value is -3.58. The molecule has 0 aliphatic carbocycles. The van der Waals surface area contributed by atoms with Gasteiger partial charge >= 0.3 is 0 Å². The topological polar surface area (TPSA) is 58.1 Å². The number of amides is 1. The van der Waals surface area contributed by atoms with Crippen molar-refractivity contribution in [2.24, 2.45) is 0 Å². The van der Waals surface area contributed by atoms with Crippen molar-refractivity contribution < 1.29 is 9.18 Å². The summed E-state index contributed by atoms with van der Waals surface area (Å²) >= 11 is 1.51. The Morgan fingerprint density at radius 2 is 1.80 bits per heavy atom. The van der Waals surface area contributed by atoms with Gasteiger partial charge in [0.05, 0.1) is 11.4 Å². The number of carbonyl (C=O) groups is 1. The SMILES string of the molecule is Cc1cc(NC(=O)c2ccc(C)c(N(c3ccncc3)c3nccs3)c2)ccc1F. The number of aryl methyl sites for hydroxylation is 2. The number of rotatable bonds is 5. The molecule has 7 heteroatoms. The molecule has 4 rings (SSSR count). The van der Waals surface area contributed by atoms with Gasteiger partial charge in [-0.3, -0.25) is 14.7 Å². The van der Waals surface area contributed by atoms with E-state index in [0.717, 1.165) is 22.1 Å². The molecule has 2 aromatic carbocycles. The van der Waals surface area contributed by atoms with Gasteiger partial charge in [0.1, 0.15) is 5.82 Å². The lowest BCUT2D eigenvalue weighted by Gasteiger charge is -2.24. The number of thiazole rings is 1. The quantitative estimate of drug-likeness (QED) is 0.431. The highest BCUT2D eigenvalue weighted by Crippen LogP contribution is 2.37. The molecule has 0 spiro atoms. The summed E-state index contributed by atoms with van der Waals surface area (Å²) in [5.41, 5.74) is 4.26. The predicted molar refractivity (Wildman–Crippen MR) is 118 cm³/mol. The Bertz CT molecular complexity index is 1180. The number of pyridine rings is 1. The average Bonchev–Trinajstić information content (AvgIpc) is 3.27. The Morgan fingerprint density at radius 3 is 2.50 bits per heavy atom. The summed E-state index contributed by atoms with van der Waals surface area (Å²) in [5, 5.41) is 5.54. The van der Waals surface area contributed by atoms with E-state index in [4.69, 9.17) is 0 Å². The molecular weight excluding hydrogens is 399 g/mol. The van der Waals surface area contributed by atoms with Crippen LogP contribution in [-0.2, 0) is 0 Å². The normalized spacial score (nSPS) is 10.6. The van der Waals surface area contributed by atoms with Gasteiger partial charge in [-0.25, -0.2) is 9.37 Å². The summed E-state index contributed by atoms with van der Waals surface area (Å²) in [6.07, 6.45) is 5.19. The van der Waals surface area contributed by atoms with Crippen molar-refractivity contribution in [1.82, 2.24) is 9.97 Å². The fraction of sp³-hybridized carbons (Fsp3) is 0.0870. The summed E-state index contributed by atoms with van der Waals surface area (Å²) in [7, 11) is 0. The number of benzene rings is 2. The molecule has 0 fully saturated rings. The first-order valence-electron chi connectivity index (χ1n) is 9.31. The zero-order valence-electron chi connectivity index (χ0n) is 16.5. The monoisotopic (exact) mass is 418 g/mol. The number of hydrogen-bond donors (Lipinski definition) is 1. The van der Waals surface area contributed by atoms with Crippen LogP contribution in [0.25, 0.3) is 0 Å². The van der Waals surface area contributed by atoms with E-state index in [1.807, 2.05) is 41.5 Å². The van der Waals surface area contributed by atoms with Crippen molar-refractivity contribution in [2.45, 2.75) is 13.8 Å². The molecule has 1 amide bonds. The molecule has 0 saturated carbocycles. The van der Waals surface area contributed by atoms with Crippen LogP contribution in [0.2, 0.25) is 0 Å². The first-order valence-corrected chi connectivity index (χ1v) is 10.2. The molecule has 2 heterocycles. The Morgan fingerprint density at radius 1 is 1.00 bits per heavy atom. The zero-order chi connectivity index (χ0) is 21.1. The minimum absolute atomic E-state index is 0.268. The van der Waals surface area contributed by atoms with Crippen LogP contribution >= 0.6 is 11.3 Å². The highest BCUT2D eigenvalue weighted by molar-refractivity contribution is 7.13. The third-order valence-corrected chi connectivity index (χ3v) is 5.42. The van der Waals surface area contributed by atoms with Gasteiger partial charge in [0.25, 0.3) is 5.91 Å². The second kappa shape index (κ2) is 8.42. The largest absolute Gasteiger partial charge is 0.322 e. The van der Waals surface area contributed by atoms with E-state index in [2.05, 4.69) is 15.3 Å². The lowest BCUT2D eigenvalue weighted by Crippen LogP contribution is -2.15. The Kier molecular flexibility index (Phi) is 5.54. The lowest BCUT2D eigenvalue weighted by molar-refractivity contribution is 0.102. The van der Waals surface area contributed by atoms with Crippen molar-refractivity contribution in [3.63, 3.8) is 0 Å². The van der Waals surface area contributed by atoms with Crippen LogP contribution in [0.15, 0.2) is 72.5 Å². The molecule has 0 aliphatic heterocycles. The van der Waals surface area contributed by atoms with Crippen LogP contribution in [-0.4, -0.2) is 15.9 Å². The predicted octanol–water partition coefficient (Wildman–Crippen LogP) is 6.02. The van der Waals surface area contributed by atoms with Crippen molar-refractivity contribution in [1.29, 1.82) is 0 Å². The molecule has 0 aliphatic rings. The number of halogens is 1. The van der Waals surface area contributed by atoms with Gasteiger partial charge in [0.2, 0.25) is 0 Å². The van der Waals surface area contributed by atoms with E-state index in [9.17, 15) is 9.18 Å². The fourth-order valence-corrected chi connectivity index (χ4v) is 3.76. The van der Waals surface area contributed by atoms with Crippen LogP contribution in [0.3, 0.4) is 0 Å². The Balaban J connectivity index is 1.71. The van der Waals surface area contributed by atoms with E-state index in [1.165, 1.54) is 17.4 Å². The van der Waals surface area contributed by atoms with Crippen LogP contribution in [0, 0.1) is 19.7 Å². The van der Waals surface area contributed by atoms with Crippen LogP contribution in [0.5, 0.6) is 0 Å². The van der Waals surface area contributed by atoms with Gasteiger partial charge in [-0.05, 0) is 67.4 Å². The first kappa shape index (κ1) is 19.7. The van der Waals surface area contributed by atoms with Crippen LogP contribution in [0.4, 0.5) is 26.6 Å². The molecule has 5 nitrogen and oxygen atoms in total. The third kappa shape index (κ3) is 4.06. The van der Waals surface area contributed by atoms with E-state index in [0.29, 0.717) is 16.8 Å². The van der Waals surface area contributed by atoms with E-state index < -0.39 is 0 Å². The summed E-state index contributed by atoms with van der Waals surface area (Å²) in [6, 6.07) is 13.8. The summed E-state index contributed by atoms with van der Waals surface area (Å²) in [6.45, 7) is 3.65. The molecule has 1 N–H and O–H groups in total. The summed E-state index contributed by atoms with van der Waals surface area (Å²) in [5.74, 6) is -0.571. The maximum Gasteiger partial charge on any atom is 0.255 e. The van der Waals surface area contributed by atoms with Crippen molar-refractivity contribution in [3.05, 3.63) is 95.0 Å². The van der Waals surface area contributed by atoms with Gasteiger partial charge in [0, 0.05) is 35.2 Å². The standard InChI is InChI=1S/C23H19FN4OS/c1-15-3-4-17(22(29)27-18-5-6-20(24)16(2)13-18)14-21(15)28(23-26-11-12-30-23)19-7-9-25-10-8-19/h3-14H,1-2H3,(H,27,29). The van der Waals surface area contributed by atoms with Crippen LogP contribution < -0.4 is 10.2 Å². The molecule has 0 radical (unpaired) electrons. The van der Waals surface area contributed by atoms with Gasteiger partial charge in [-0.15, -0.1) is 11.3 Å². The molecule has 150 valence electrons. The number of carbonyl (C=O) groups excluding carboxylic acids is 1. The van der Waals surface area contributed by atoms with E-state index in [-0.39, 0.29) is 11.7 Å². The van der Waals surface area contributed by atoms with Crippen LogP contribution in [0.1, 0.15) is 21.5 Å².